The smallest absolute Gasteiger partial charge is 0.0402 e. The van der Waals surface area contributed by atoms with Crippen molar-refractivity contribution >= 4 is 5.69 Å². The van der Waals surface area contributed by atoms with Crippen LogP contribution in [0.2, 0.25) is 0 Å². The van der Waals surface area contributed by atoms with E-state index < -0.39 is 0 Å². The molecule has 1 aromatic carbocycles. The quantitative estimate of drug-likeness (QED) is 0.701. The van der Waals surface area contributed by atoms with E-state index in [1.165, 1.54) is 64.0 Å². The Bertz CT molecular complexity index is 406. The van der Waals surface area contributed by atoms with Crippen LogP contribution in [-0.2, 0) is 12.8 Å². The summed E-state index contributed by atoms with van der Waals surface area (Å²) in [5, 5.41) is 0. The number of benzene rings is 1. The number of hydrogen-bond donors (Lipinski definition) is 0. The molecule has 0 amide bonds. The fraction of sp³-hybridized carbons (Fsp3) is 0.625. The molecule has 1 fully saturated rings. The molecule has 2 nitrogen and oxygen atoms in total. The Morgan fingerprint density at radius 3 is 2.50 bits per heavy atom. The van der Waals surface area contributed by atoms with Crippen LogP contribution in [0.25, 0.3) is 0 Å². The zero-order valence-electron chi connectivity index (χ0n) is 11.5. The molecule has 1 aromatic rings. The van der Waals surface area contributed by atoms with Gasteiger partial charge in [-0.2, -0.15) is 0 Å². The van der Waals surface area contributed by atoms with Crippen molar-refractivity contribution in [2.75, 3.05) is 38.1 Å². The molecule has 0 spiro atoms. The summed E-state index contributed by atoms with van der Waals surface area (Å²) in [7, 11) is 2.23. The van der Waals surface area contributed by atoms with Crippen LogP contribution in [0, 0.1) is 0 Å². The summed E-state index contributed by atoms with van der Waals surface area (Å²) in [6.45, 7) is 4.77. The highest BCUT2D eigenvalue weighted by Crippen LogP contribution is 2.30. The molecule has 2 aliphatic rings. The van der Waals surface area contributed by atoms with Crippen LogP contribution in [-0.4, -0.2) is 38.1 Å². The van der Waals surface area contributed by atoms with E-state index in [-0.39, 0.29) is 0 Å². The molecule has 0 aromatic heterocycles. The molecule has 0 unspecified atom stereocenters. The Morgan fingerprint density at radius 2 is 1.67 bits per heavy atom. The fourth-order valence-electron chi connectivity index (χ4n) is 3.28. The van der Waals surface area contributed by atoms with Gasteiger partial charge in [0.05, 0.1) is 0 Å². The molecule has 1 aliphatic carbocycles. The molecule has 0 bridgehead atoms. The summed E-state index contributed by atoms with van der Waals surface area (Å²) >= 11 is 0. The summed E-state index contributed by atoms with van der Waals surface area (Å²) < 4.78 is 0. The van der Waals surface area contributed by atoms with E-state index in [2.05, 4.69) is 35.0 Å². The maximum Gasteiger partial charge on any atom is 0.0402 e. The van der Waals surface area contributed by atoms with Crippen molar-refractivity contribution in [1.29, 1.82) is 0 Å². The number of aryl methyl sites for hydroxylation is 1. The first-order valence-corrected chi connectivity index (χ1v) is 7.39. The van der Waals surface area contributed by atoms with Gasteiger partial charge in [-0.05, 0) is 49.9 Å². The van der Waals surface area contributed by atoms with Crippen molar-refractivity contribution in [1.82, 2.24) is 4.90 Å². The molecule has 0 radical (unpaired) electrons. The molecular formula is C16H24N2. The minimum atomic E-state index is 1.19. The van der Waals surface area contributed by atoms with Gasteiger partial charge in [0.1, 0.15) is 0 Å². The van der Waals surface area contributed by atoms with Crippen LogP contribution >= 0.6 is 0 Å². The fourth-order valence-corrected chi connectivity index (χ4v) is 3.28. The third kappa shape index (κ3) is 2.39. The molecule has 3 rings (SSSR count). The lowest BCUT2D eigenvalue weighted by atomic mass is 10.00. The second-order valence-corrected chi connectivity index (χ2v) is 5.77. The summed E-state index contributed by atoms with van der Waals surface area (Å²) in [5.41, 5.74) is 4.80. The van der Waals surface area contributed by atoms with Crippen molar-refractivity contribution in [3.63, 3.8) is 0 Å². The van der Waals surface area contributed by atoms with Gasteiger partial charge in [0, 0.05) is 31.9 Å². The largest absolute Gasteiger partial charge is 0.369 e. The number of anilines is 1. The van der Waals surface area contributed by atoms with Crippen molar-refractivity contribution in [2.45, 2.75) is 32.1 Å². The monoisotopic (exact) mass is 244 g/mol. The Balaban J connectivity index is 1.87. The van der Waals surface area contributed by atoms with E-state index in [0.29, 0.717) is 0 Å². The Morgan fingerprint density at radius 1 is 0.889 bits per heavy atom. The first-order valence-electron chi connectivity index (χ1n) is 7.39. The van der Waals surface area contributed by atoms with E-state index in [1.54, 1.807) is 11.1 Å². The molecule has 1 aliphatic heterocycles. The maximum atomic E-state index is 2.60. The van der Waals surface area contributed by atoms with Crippen molar-refractivity contribution in [3.05, 3.63) is 29.3 Å². The highest BCUT2D eigenvalue weighted by atomic mass is 15.2. The van der Waals surface area contributed by atoms with Crippen LogP contribution in [0.4, 0.5) is 5.69 Å². The summed E-state index contributed by atoms with van der Waals surface area (Å²) in [6, 6.07) is 6.95. The van der Waals surface area contributed by atoms with Crippen LogP contribution < -0.4 is 4.90 Å². The van der Waals surface area contributed by atoms with Crippen molar-refractivity contribution < 1.29 is 0 Å². The standard InChI is InChI=1S/C16H24N2/c1-17-10-12-18(13-11-17)16-9-5-7-14-6-3-2-4-8-15(14)16/h5,7,9H,2-4,6,8,10-13H2,1H3. The third-order valence-corrected chi connectivity index (χ3v) is 4.47. The molecule has 0 N–H and O–H groups in total. The van der Waals surface area contributed by atoms with E-state index >= 15 is 0 Å². The topological polar surface area (TPSA) is 6.48 Å². The first kappa shape index (κ1) is 12.0. The molecule has 2 heteroatoms. The zero-order valence-corrected chi connectivity index (χ0v) is 11.5. The van der Waals surface area contributed by atoms with Crippen molar-refractivity contribution in [3.8, 4) is 0 Å². The predicted molar refractivity (Wildman–Crippen MR) is 77.4 cm³/mol. The van der Waals surface area contributed by atoms with Crippen LogP contribution in [0.5, 0.6) is 0 Å². The molecule has 0 saturated carbocycles. The number of likely N-dealkylation sites (N-methyl/N-ethyl adjacent to an activating group) is 1. The molecule has 1 heterocycles. The minimum absolute atomic E-state index is 1.19. The van der Waals surface area contributed by atoms with Gasteiger partial charge in [-0.1, -0.05) is 18.6 Å². The van der Waals surface area contributed by atoms with E-state index in [4.69, 9.17) is 0 Å². The highest BCUT2D eigenvalue weighted by Gasteiger charge is 2.19. The lowest BCUT2D eigenvalue weighted by Crippen LogP contribution is -2.44. The number of fused-ring (bicyclic) bond motifs is 1. The minimum Gasteiger partial charge on any atom is -0.369 e. The second kappa shape index (κ2) is 5.31. The van der Waals surface area contributed by atoms with Gasteiger partial charge in [0.25, 0.3) is 0 Å². The lowest BCUT2D eigenvalue weighted by molar-refractivity contribution is 0.312. The van der Waals surface area contributed by atoms with Gasteiger partial charge in [0.15, 0.2) is 0 Å². The maximum absolute atomic E-state index is 2.60. The summed E-state index contributed by atoms with van der Waals surface area (Å²) in [6.07, 6.45) is 6.72. The lowest BCUT2D eigenvalue weighted by Gasteiger charge is -2.35. The van der Waals surface area contributed by atoms with Gasteiger partial charge in [-0.3, -0.25) is 0 Å². The average molecular weight is 244 g/mol. The van der Waals surface area contributed by atoms with Gasteiger partial charge in [0.2, 0.25) is 0 Å². The third-order valence-electron chi connectivity index (χ3n) is 4.47. The van der Waals surface area contributed by atoms with E-state index in [0.717, 1.165) is 0 Å². The zero-order chi connectivity index (χ0) is 12.4. The van der Waals surface area contributed by atoms with Crippen LogP contribution in [0.1, 0.15) is 30.4 Å². The number of hydrogen-bond acceptors (Lipinski definition) is 2. The second-order valence-electron chi connectivity index (χ2n) is 5.77. The van der Waals surface area contributed by atoms with E-state index in [9.17, 15) is 0 Å². The van der Waals surface area contributed by atoms with Crippen LogP contribution in [0.3, 0.4) is 0 Å². The van der Waals surface area contributed by atoms with Gasteiger partial charge in [-0.15, -0.1) is 0 Å². The molecule has 98 valence electrons. The molecule has 1 saturated heterocycles. The van der Waals surface area contributed by atoms with Crippen LogP contribution in [0.15, 0.2) is 18.2 Å². The first-order chi connectivity index (χ1) is 8.84. The van der Waals surface area contributed by atoms with Crippen molar-refractivity contribution in [2.24, 2.45) is 0 Å². The number of rotatable bonds is 1. The normalized spacial score (nSPS) is 21.5. The Labute approximate surface area is 111 Å². The molecule has 18 heavy (non-hydrogen) atoms. The van der Waals surface area contributed by atoms with E-state index in [1.807, 2.05) is 0 Å². The SMILES string of the molecule is CN1CCN(c2cccc3c2CCCCC3)CC1. The summed E-state index contributed by atoms with van der Waals surface area (Å²) in [5.74, 6) is 0. The van der Waals surface area contributed by atoms with Gasteiger partial charge < -0.3 is 9.80 Å². The van der Waals surface area contributed by atoms with Gasteiger partial charge in [-0.25, -0.2) is 0 Å². The number of nitrogens with zero attached hydrogens (tertiary/aromatic N) is 2. The predicted octanol–water partition coefficient (Wildman–Crippen LogP) is 2.71. The van der Waals surface area contributed by atoms with Gasteiger partial charge >= 0.3 is 0 Å². The Kier molecular flexibility index (Phi) is 3.55. The summed E-state index contributed by atoms with van der Waals surface area (Å²) in [4.78, 5) is 5.03. The highest BCUT2D eigenvalue weighted by molar-refractivity contribution is 5.57. The Hall–Kier alpha value is -1.02. The molecule has 0 atom stereocenters. The molecular weight excluding hydrogens is 220 g/mol. The average Bonchev–Trinajstić information content (AvgIpc) is 2.64. The number of piperazine rings is 1.